The summed E-state index contributed by atoms with van der Waals surface area (Å²) in [4.78, 5) is 12.0. The molecule has 0 saturated heterocycles. The van der Waals surface area contributed by atoms with E-state index in [1.54, 1.807) is 0 Å². The lowest BCUT2D eigenvalue weighted by Crippen LogP contribution is -2.28. The lowest BCUT2D eigenvalue weighted by Gasteiger charge is -2.33. The molecule has 0 spiro atoms. The number of nitrogen functional groups attached to an aromatic ring is 1. The van der Waals surface area contributed by atoms with Crippen LogP contribution in [0.1, 0.15) is 49.9 Å². The third-order valence-electron chi connectivity index (χ3n) is 3.79. The minimum atomic E-state index is -0.456. The Hall–Kier alpha value is -1.58. The maximum absolute atomic E-state index is 12.9. The van der Waals surface area contributed by atoms with Crippen molar-refractivity contribution in [2.45, 2.75) is 45.6 Å². The summed E-state index contributed by atoms with van der Waals surface area (Å²) in [6, 6.07) is 3.73. The molecule has 1 aromatic rings. The summed E-state index contributed by atoms with van der Waals surface area (Å²) in [6.45, 7) is 4.45. The zero-order valence-electron chi connectivity index (χ0n) is 11.4. The van der Waals surface area contributed by atoms with Crippen molar-refractivity contribution in [3.05, 3.63) is 29.6 Å². The van der Waals surface area contributed by atoms with Gasteiger partial charge in [-0.1, -0.05) is 13.8 Å². The Bertz CT molecular complexity index is 475. The van der Waals surface area contributed by atoms with Crippen molar-refractivity contribution in [3.63, 3.8) is 0 Å². The van der Waals surface area contributed by atoms with Crippen LogP contribution in [0.15, 0.2) is 18.2 Å². The second-order valence-electron chi connectivity index (χ2n) is 6.00. The van der Waals surface area contributed by atoms with Crippen LogP contribution in [0.3, 0.4) is 0 Å². The summed E-state index contributed by atoms with van der Waals surface area (Å²) in [5.41, 5.74) is 6.33. The summed E-state index contributed by atoms with van der Waals surface area (Å²) in [7, 11) is 0. The SMILES string of the molecule is CC1(C)CCC(OC(=O)c2ccc(F)cc2N)CC1. The number of nitrogens with two attached hydrogens (primary N) is 1. The Morgan fingerprint density at radius 3 is 2.58 bits per heavy atom. The van der Waals surface area contributed by atoms with Gasteiger partial charge in [-0.15, -0.1) is 0 Å². The molecule has 0 radical (unpaired) electrons. The van der Waals surface area contributed by atoms with Gasteiger partial charge in [0, 0.05) is 5.69 Å². The molecular weight excluding hydrogens is 245 g/mol. The highest BCUT2D eigenvalue weighted by atomic mass is 19.1. The lowest BCUT2D eigenvalue weighted by molar-refractivity contribution is 0.00962. The first kappa shape index (κ1) is 13.8. The Balaban J connectivity index is 1.98. The number of ether oxygens (including phenoxy) is 1. The van der Waals surface area contributed by atoms with Gasteiger partial charge in [0.15, 0.2) is 0 Å². The Morgan fingerprint density at radius 2 is 2.00 bits per heavy atom. The molecule has 1 aliphatic rings. The van der Waals surface area contributed by atoms with Gasteiger partial charge in [0.2, 0.25) is 0 Å². The fraction of sp³-hybridized carbons (Fsp3) is 0.533. The number of hydrogen-bond acceptors (Lipinski definition) is 3. The molecule has 3 nitrogen and oxygen atoms in total. The Morgan fingerprint density at radius 1 is 1.37 bits per heavy atom. The van der Waals surface area contributed by atoms with E-state index in [1.807, 2.05) is 0 Å². The molecule has 19 heavy (non-hydrogen) atoms. The van der Waals surface area contributed by atoms with Crippen LogP contribution in [0.4, 0.5) is 10.1 Å². The van der Waals surface area contributed by atoms with Crippen molar-refractivity contribution in [1.29, 1.82) is 0 Å². The van der Waals surface area contributed by atoms with E-state index >= 15 is 0 Å². The number of benzene rings is 1. The minimum absolute atomic E-state index is 0.0509. The molecule has 0 aromatic heterocycles. The largest absolute Gasteiger partial charge is 0.459 e. The first-order valence-electron chi connectivity index (χ1n) is 6.63. The third kappa shape index (κ3) is 3.46. The van der Waals surface area contributed by atoms with E-state index in [2.05, 4.69) is 13.8 Å². The number of carbonyl (C=O) groups excluding carboxylic acids is 1. The molecule has 1 aliphatic carbocycles. The van der Waals surface area contributed by atoms with E-state index in [4.69, 9.17) is 10.5 Å². The molecule has 2 rings (SSSR count). The second kappa shape index (κ2) is 5.19. The fourth-order valence-corrected chi connectivity index (χ4v) is 2.42. The van der Waals surface area contributed by atoms with Crippen molar-refractivity contribution in [3.8, 4) is 0 Å². The molecule has 4 heteroatoms. The van der Waals surface area contributed by atoms with E-state index in [0.29, 0.717) is 5.41 Å². The quantitative estimate of drug-likeness (QED) is 0.657. The smallest absolute Gasteiger partial charge is 0.340 e. The third-order valence-corrected chi connectivity index (χ3v) is 3.79. The van der Waals surface area contributed by atoms with Crippen molar-refractivity contribution >= 4 is 11.7 Å². The summed E-state index contributed by atoms with van der Waals surface area (Å²) in [6.07, 6.45) is 3.79. The number of anilines is 1. The highest BCUT2D eigenvalue weighted by molar-refractivity contribution is 5.95. The Kier molecular flexibility index (Phi) is 3.78. The average Bonchev–Trinajstić information content (AvgIpc) is 2.31. The molecule has 2 N–H and O–H groups in total. The normalized spacial score (nSPS) is 19.1. The molecular formula is C15H20FNO2. The first-order chi connectivity index (χ1) is 8.87. The fourth-order valence-electron chi connectivity index (χ4n) is 2.42. The molecule has 0 aliphatic heterocycles. The van der Waals surface area contributed by atoms with Gasteiger partial charge in [0.1, 0.15) is 11.9 Å². The standard InChI is InChI=1S/C15H20FNO2/c1-15(2)7-5-11(6-8-15)19-14(18)12-4-3-10(16)9-13(12)17/h3-4,9,11H,5-8,17H2,1-2H3. The van der Waals surface area contributed by atoms with Gasteiger partial charge in [0.05, 0.1) is 5.56 Å². The summed E-state index contributed by atoms with van der Waals surface area (Å²) in [5, 5.41) is 0. The van der Waals surface area contributed by atoms with Crippen molar-refractivity contribution < 1.29 is 13.9 Å². The van der Waals surface area contributed by atoms with Crippen LogP contribution >= 0.6 is 0 Å². The summed E-state index contributed by atoms with van der Waals surface area (Å²) in [5.74, 6) is -0.907. The van der Waals surface area contributed by atoms with Gasteiger partial charge in [-0.05, 0) is 49.3 Å². The molecule has 0 amide bonds. The average molecular weight is 265 g/mol. The highest BCUT2D eigenvalue weighted by Crippen LogP contribution is 2.36. The predicted octanol–water partition coefficient (Wildman–Crippen LogP) is 3.53. The van der Waals surface area contributed by atoms with E-state index in [-0.39, 0.29) is 17.4 Å². The lowest BCUT2D eigenvalue weighted by atomic mass is 9.76. The molecule has 104 valence electrons. The van der Waals surface area contributed by atoms with Crippen LogP contribution in [0.5, 0.6) is 0 Å². The predicted molar refractivity (Wildman–Crippen MR) is 72.3 cm³/mol. The first-order valence-corrected chi connectivity index (χ1v) is 6.63. The van der Waals surface area contributed by atoms with E-state index in [0.717, 1.165) is 31.7 Å². The molecule has 0 atom stereocenters. The molecule has 0 unspecified atom stereocenters. The number of rotatable bonds is 2. The molecule has 0 heterocycles. The molecule has 1 aromatic carbocycles. The van der Waals surface area contributed by atoms with Crippen molar-refractivity contribution in [2.24, 2.45) is 5.41 Å². The zero-order valence-corrected chi connectivity index (χ0v) is 11.4. The summed E-state index contributed by atoms with van der Waals surface area (Å²) < 4.78 is 18.4. The molecule has 0 bridgehead atoms. The molecule has 1 saturated carbocycles. The van der Waals surface area contributed by atoms with Crippen LogP contribution in [0.2, 0.25) is 0 Å². The van der Waals surface area contributed by atoms with Gasteiger partial charge in [0.25, 0.3) is 0 Å². The van der Waals surface area contributed by atoms with Crippen LogP contribution in [-0.2, 0) is 4.74 Å². The highest BCUT2D eigenvalue weighted by Gasteiger charge is 2.29. The number of halogens is 1. The van der Waals surface area contributed by atoms with Gasteiger partial charge >= 0.3 is 5.97 Å². The van der Waals surface area contributed by atoms with Crippen LogP contribution in [-0.4, -0.2) is 12.1 Å². The van der Waals surface area contributed by atoms with Gasteiger partial charge in [-0.25, -0.2) is 9.18 Å². The van der Waals surface area contributed by atoms with Gasteiger partial charge < -0.3 is 10.5 Å². The number of carbonyl (C=O) groups is 1. The van der Waals surface area contributed by atoms with Gasteiger partial charge in [-0.2, -0.15) is 0 Å². The minimum Gasteiger partial charge on any atom is -0.459 e. The van der Waals surface area contributed by atoms with E-state index in [1.165, 1.54) is 12.1 Å². The maximum atomic E-state index is 12.9. The van der Waals surface area contributed by atoms with E-state index in [9.17, 15) is 9.18 Å². The second-order valence-corrected chi connectivity index (χ2v) is 6.00. The zero-order chi connectivity index (χ0) is 14.0. The Labute approximate surface area is 112 Å². The van der Waals surface area contributed by atoms with E-state index < -0.39 is 11.8 Å². The summed E-state index contributed by atoms with van der Waals surface area (Å²) >= 11 is 0. The number of esters is 1. The monoisotopic (exact) mass is 265 g/mol. The van der Waals surface area contributed by atoms with Gasteiger partial charge in [-0.3, -0.25) is 0 Å². The van der Waals surface area contributed by atoms with Crippen molar-refractivity contribution in [2.75, 3.05) is 5.73 Å². The van der Waals surface area contributed by atoms with Crippen LogP contribution < -0.4 is 5.73 Å². The molecule has 1 fully saturated rings. The van der Waals surface area contributed by atoms with Crippen molar-refractivity contribution in [1.82, 2.24) is 0 Å². The van der Waals surface area contributed by atoms with Crippen LogP contribution in [0.25, 0.3) is 0 Å². The number of hydrogen-bond donors (Lipinski definition) is 1. The maximum Gasteiger partial charge on any atom is 0.340 e. The topological polar surface area (TPSA) is 52.3 Å². The van der Waals surface area contributed by atoms with Crippen LogP contribution in [0, 0.1) is 11.2 Å².